The summed E-state index contributed by atoms with van der Waals surface area (Å²) in [6, 6.07) is 56.8. The maximum atomic E-state index is 5.16. The molecule has 0 amide bonds. The average molecular weight is 767 g/mol. The zero-order valence-corrected chi connectivity index (χ0v) is 33.9. The third-order valence-electron chi connectivity index (χ3n) is 12.5. The third-order valence-corrected chi connectivity index (χ3v) is 13.7. The van der Waals surface area contributed by atoms with Crippen molar-refractivity contribution in [3.05, 3.63) is 169 Å². The van der Waals surface area contributed by atoms with Gasteiger partial charge in [-0.15, -0.1) is 11.3 Å². The normalized spacial score (nSPS) is 14.7. The third kappa shape index (κ3) is 5.67. The molecule has 58 heavy (non-hydrogen) atoms. The van der Waals surface area contributed by atoms with Gasteiger partial charge in [0.05, 0.1) is 11.0 Å². The highest BCUT2D eigenvalue weighted by Crippen LogP contribution is 2.48. The topological polar surface area (TPSA) is 43.6 Å². The van der Waals surface area contributed by atoms with Gasteiger partial charge in [-0.25, -0.2) is 15.0 Å². The van der Waals surface area contributed by atoms with Crippen molar-refractivity contribution in [3.63, 3.8) is 0 Å². The van der Waals surface area contributed by atoms with E-state index in [9.17, 15) is 0 Å². The van der Waals surface area contributed by atoms with Crippen LogP contribution in [0.1, 0.15) is 51.7 Å². The average Bonchev–Trinajstić information content (AvgIpc) is 3.80. The van der Waals surface area contributed by atoms with Crippen molar-refractivity contribution in [2.45, 2.75) is 51.4 Å². The minimum absolute atomic E-state index is 0.114. The Morgan fingerprint density at radius 3 is 1.72 bits per heavy atom. The molecule has 0 aliphatic heterocycles. The summed E-state index contributed by atoms with van der Waals surface area (Å²) < 4.78 is 5.04. The van der Waals surface area contributed by atoms with Crippen LogP contribution in [0.4, 0.5) is 0 Å². The van der Waals surface area contributed by atoms with E-state index < -0.39 is 0 Å². The van der Waals surface area contributed by atoms with Crippen LogP contribution in [-0.2, 0) is 10.8 Å². The van der Waals surface area contributed by atoms with Crippen LogP contribution < -0.4 is 0 Å². The minimum Gasteiger partial charge on any atom is -0.309 e. The van der Waals surface area contributed by atoms with Crippen molar-refractivity contribution in [3.8, 4) is 51.0 Å². The van der Waals surface area contributed by atoms with Gasteiger partial charge in [0.15, 0.2) is 17.5 Å². The van der Waals surface area contributed by atoms with E-state index in [2.05, 4.69) is 172 Å². The molecule has 1 aliphatic carbocycles. The highest BCUT2D eigenvalue weighted by atomic mass is 32.1. The molecule has 0 spiro atoms. The van der Waals surface area contributed by atoms with Crippen molar-refractivity contribution in [1.82, 2.24) is 19.5 Å². The predicted octanol–water partition coefficient (Wildman–Crippen LogP) is 14.4. The fraction of sp³-hybridized carbons (Fsp3) is 0.151. The first kappa shape index (κ1) is 34.8. The molecule has 7 aromatic carbocycles. The van der Waals surface area contributed by atoms with E-state index in [1.54, 1.807) is 0 Å². The molecule has 11 rings (SSSR count). The maximum absolute atomic E-state index is 5.16. The summed E-state index contributed by atoms with van der Waals surface area (Å²) in [5, 5.41) is 5.17. The number of thiophene rings is 1. The number of para-hydroxylation sites is 1. The van der Waals surface area contributed by atoms with E-state index in [1.807, 2.05) is 29.5 Å². The molecule has 280 valence electrons. The molecular weight excluding hydrogens is 725 g/mol. The van der Waals surface area contributed by atoms with Gasteiger partial charge in [0.2, 0.25) is 0 Å². The quantitative estimate of drug-likeness (QED) is 0.175. The lowest BCUT2D eigenvalue weighted by Crippen LogP contribution is -2.33. The Balaban J connectivity index is 1.02. The molecule has 0 atom stereocenters. The van der Waals surface area contributed by atoms with Gasteiger partial charge in [-0.05, 0) is 113 Å². The number of nitrogens with zero attached hydrogens (tertiary/aromatic N) is 4. The molecule has 0 fully saturated rings. The van der Waals surface area contributed by atoms with Crippen LogP contribution in [0.15, 0.2) is 158 Å². The lowest BCUT2D eigenvalue weighted by molar-refractivity contribution is 0.332. The highest BCUT2D eigenvalue weighted by Gasteiger charge is 2.38. The highest BCUT2D eigenvalue weighted by molar-refractivity contribution is 7.25. The number of benzene rings is 7. The molecule has 4 nitrogen and oxygen atoms in total. The fourth-order valence-corrected chi connectivity index (χ4v) is 10.2. The van der Waals surface area contributed by atoms with Crippen LogP contribution >= 0.6 is 11.3 Å². The Bertz CT molecular complexity index is 3220. The number of hydrogen-bond acceptors (Lipinski definition) is 4. The van der Waals surface area contributed by atoms with Gasteiger partial charge in [0, 0.05) is 53.3 Å². The number of aromatic nitrogens is 4. The summed E-state index contributed by atoms with van der Waals surface area (Å²) in [6.07, 6.45) is 2.37. The summed E-state index contributed by atoms with van der Waals surface area (Å²) in [5.41, 5.74) is 11.9. The molecular formula is C53H42N4S. The summed E-state index contributed by atoms with van der Waals surface area (Å²) in [5.74, 6) is 1.95. The van der Waals surface area contributed by atoms with E-state index in [1.165, 1.54) is 71.5 Å². The first-order chi connectivity index (χ1) is 28.2. The molecule has 3 heterocycles. The molecule has 0 unspecified atom stereocenters. The van der Waals surface area contributed by atoms with Gasteiger partial charge in [-0.3, -0.25) is 0 Å². The molecule has 5 heteroatoms. The lowest BCUT2D eigenvalue weighted by atomic mass is 9.63. The molecule has 0 bridgehead atoms. The smallest absolute Gasteiger partial charge is 0.164 e. The fourth-order valence-electron chi connectivity index (χ4n) is 9.16. The van der Waals surface area contributed by atoms with Crippen molar-refractivity contribution in [2.24, 2.45) is 0 Å². The monoisotopic (exact) mass is 766 g/mol. The summed E-state index contributed by atoms with van der Waals surface area (Å²) >= 11 is 1.84. The Morgan fingerprint density at radius 1 is 0.414 bits per heavy atom. The molecule has 0 saturated heterocycles. The molecule has 0 saturated carbocycles. The summed E-state index contributed by atoms with van der Waals surface area (Å²) in [4.78, 5) is 15.3. The van der Waals surface area contributed by atoms with Gasteiger partial charge in [0.1, 0.15) is 0 Å². The molecule has 0 N–H and O–H groups in total. The minimum atomic E-state index is 0.114. The van der Waals surface area contributed by atoms with Gasteiger partial charge in [-0.1, -0.05) is 119 Å². The van der Waals surface area contributed by atoms with Crippen molar-refractivity contribution in [2.75, 3.05) is 0 Å². The van der Waals surface area contributed by atoms with E-state index in [4.69, 9.17) is 15.0 Å². The predicted molar refractivity (Wildman–Crippen MR) is 244 cm³/mol. The Hall–Kier alpha value is -6.43. The summed E-state index contributed by atoms with van der Waals surface area (Å²) in [7, 11) is 0. The Morgan fingerprint density at radius 2 is 0.966 bits per heavy atom. The number of rotatable bonds is 5. The molecule has 10 aromatic rings. The van der Waals surface area contributed by atoms with E-state index in [0.717, 1.165) is 27.9 Å². The van der Waals surface area contributed by atoms with Gasteiger partial charge < -0.3 is 4.57 Å². The van der Waals surface area contributed by atoms with Crippen molar-refractivity contribution < 1.29 is 0 Å². The number of fused-ring (bicyclic) bond motifs is 7. The van der Waals surface area contributed by atoms with Crippen LogP contribution in [0, 0.1) is 0 Å². The standard InChI is InChI=1S/C53H42N4S/c1-52(2)27-28-53(3,4)44-32-46-41(31-43(44)52)39-17-8-10-19-45(39)57(46)38-24-21-34(22-25-38)50-54-49(33-13-6-5-7-14-33)55-51(56-50)37-16-12-15-35(29-37)36-23-26-48-42(30-36)40-18-9-11-20-47(40)58-48/h5-26,29-32H,27-28H2,1-4H3. The van der Waals surface area contributed by atoms with Gasteiger partial charge >= 0.3 is 0 Å². The first-order valence-corrected chi connectivity index (χ1v) is 21.0. The zero-order chi connectivity index (χ0) is 39.2. The van der Waals surface area contributed by atoms with Crippen LogP contribution in [0.3, 0.4) is 0 Å². The van der Waals surface area contributed by atoms with Crippen LogP contribution in [-0.4, -0.2) is 19.5 Å². The maximum Gasteiger partial charge on any atom is 0.164 e. The largest absolute Gasteiger partial charge is 0.309 e. The molecule has 1 aliphatic rings. The van der Waals surface area contributed by atoms with Crippen molar-refractivity contribution >= 4 is 53.3 Å². The second-order valence-corrected chi connectivity index (χ2v) is 18.2. The van der Waals surface area contributed by atoms with E-state index >= 15 is 0 Å². The van der Waals surface area contributed by atoms with Crippen molar-refractivity contribution in [1.29, 1.82) is 0 Å². The summed E-state index contributed by atoms with van der Waals surface area (Å²) in [6.45, 7) is 9.63. The second-order valence-electron chi connectivity index (χ2n) is 17.1. The van der Waals surface area contributed by atoms with E-state index in [-0.39, 0.29) is 10.8 Å². The first-order valence-electron chi connectivity index (χ1n) is 20.2. The van der Waals surface area contributed by atoms with E-state index in [0.29, 0.717) is 17.5 Å². The SMILES string of the molecule is CC1(C)CCC(C)(C)c2cc3c(cc21)c1ccccc1n3-c1ccc(-c2nc(-c3ccccc3)nc(-c3cccc(-c4ccc5sc6ccccc6c5c4)c3)n2)cc1. The molecule has 3 aromatic heterocycles. The van der Waals surface area contributed by atoms with Crippen LogP contribution in [0.5, 0.6) is 0 Å². The van der Waals surface area contributed by atoms with Gasteiger partial charge in [-0.2, -0.15) is 0 Å². The zero-order valence-electron chi connectivity index (χ0n) is 33.1. The Labute approximate surface area is 342 Å². The number of hydrogen-bond donors (Lipinski definition) is 0. The molecule has 0 radical (unpaired) electrons. The van der Waals surface area contributed by atoms with Gasteiger partial charge in [0.25, 0.3) is 0 Å². The van der Waals surface area contributed by atoms with Crippen LogP contribution in [0.2, 0.25) is 0 Å². The van der Waals surface area contributed by atoms with Crippen LogP contribution in [0.25, 0.3) is 93.0 Å². The lowest BCUT2D eigenvalue weighted by Gasteiger charge is -2.42. The second kappa shape index (κ2) is 13.1. The Kier molecular flexibility index (Phi) is 7.83.